The number of nitrogens with one attached hydrogen (secondary N) is 2. The first-order chi connectivity index (χ1) is 16.1. The molecule has 2 N–H and O–H groups in total. The molecule has 1 unspecified atom stereocenters. The lowest BCUT2D eigenvalue weighted by molar-refractivity contribution is -0.127. The molecule has 1 atom stereocenters. The second-order valence-corrected chi connectivity index (χ2v) is 9.05. The average molecular weight is 431 g/mol. The van der Waals surface area contributed by atoms with E-state index in [1.54, 1.807) is 0 Å². The van der Waals surface area contributed by atoms with Crippen LogP contribution >= 0.6 is 0 Å². The van der Waals surface area contributed by atoms with Gasteiger partial charge in [-0.1, -0.05) is 78.9 Å². The number of amides is 1. The van der Waals surface area contributed by atoms with Crippen molar-refractivity contribution < 1.29 is 4.79 Å². The smallest absolute Gasteiger partial charge is 0.233 e. The lowest BCUT2D eigenvalue weighted by Crippen LogP contribution is -2.53. The number of nitriles is 1. The maximum Gasteiger partial charge on any atom is 0.233 e. The number of anilines is 1. The molecule has 2 bridgehead atoms. The zero-order valence-electron chi connectivity index (χ0n) is 18.0. The van der Waals surface area contributed by atoms with Crippen LogP contribution in [-0.4, -0.2) is 21.1 Å². The summed E-state index contributed by atoms with van der Waals surface area (Å²) in [4.78, 5) is 18.3. The molecule has 7 rings (SSSR count). The standard InChI is InChI=1S/C27H21N5O/c1-26(24(33)30-25-29-23(31-32-25)17-9-3-2-4-10-17)15-27(16-28)20-13-7-5-11-18(20)22(26)19-12-6-8-14-21(19)27/h2-14,22H,15H2,1H3,(H2,29,30,31,32,33). The normalized spacial score (nSPS) is 24.4. The van der Waals surface area contributed by atoms with Crippen LogP contribution in [0.4, 0.5) is 5.95 Å². The number of hydrogen-bond acceptors (Lipinski definition) is 4. The Hall–Kier alpha value is -4.24. The Morgan fingerprint density at radius 2 is 1.61 bits per heavy atom. The minimum atomic E-state index is -0.870. The van der Waals surface area contributed by atoms with Crippen LogP contribution in [0.15, 0.2) is 78.9 Å². The summed E-state index contributed by atoms with van der Waals surface area (Å²) in [6.45, 7) is 1.96. The summed E-state index contributed by atoms with van der Waals surface area (Å²) in [5.41, 5.74) is 3.26. The van der Waals surface area contributed by atoms with E-state index >= 15 is 0 Å². The largest absolute Gasteiger partial charge is 0.294 e. The van der Waals surface area contributed by atoms with Gasteiger partial charge in [-0.15, -0.1) is 0 Å². The summed E-state index contributed by atoms with van der Waals surface area (Å²) in [5, 5.41) is 20.5. The second kappa shape index (κ2) is 6.88. The fourth-order valence-corrected chi connectivity index (χ4v) is 5.77. The third-order valence-electron chi connectivity index (χ3n) is 7.19. The Bertz CT molecular complexity index is 1390. The highest BCUT2D eigenvalue weighted by atomic mass is 16.2. The van der Waals surface area contributed by atoms with Crippen LogP contribution in [-0.2, 0) is 10.2 Å². The van der Waals surface area contributed by atoms with Crippen molar-refractivity contribution in [3.63, 3.8) is 0 Å². The van der Waals surface area contributed by atoms with Gasteiger partial charge in [0.15, 0.2) is 5.82 Å². The maximum absolute atomic E-state index is 13.8. The van der Waals surface area contributed by atoms with Gasteiger partial charge in [0.25, 0.3) is 0 Å². The van der Waals surface area contributed by atoms with Crippen molar-refractivity contribution in [3.8, 4) is 17.5 Å². The van der Waals surface area contributed by atoms with E-state index in [4.69, 9.17) is 0 Å². The van der Waals surface area contributed by atoms with Crippen molar-refractivity contribution in [1.29, 1.82) is 5.26 Å². The van der Waals surface area contributed by atoms with E-state index in [-0.39, 0.29) is 11.8 Å². The molecule has 0 saturated carbocycles. The van der Waals surface area contributed by atoms with Crippen LogP contribution in [0.25, 0.3) is 11.4 Å². The van der Waals surface area contributed by atoms with Crippen LogP contribution in [0.3, 0.4) is 0 Å². The van der Waals surface area contributed by atoms with Gasteiger partial charge in [0.2, 0.25) is 11.9 Å². The highest BCUT2D eigenvalue weighted by Gasteiger charge is 2.61. The zero-order valence-corrected chi connectivity index (χ0v) is 18.0. The Kier molecular flexibility index (Phi) is 4.05. The van der Waals surface area contributed by atoms with Crippen LogP contribution in [0.1, 0.15) is 41.5 Å². The average Bonchev–Trinajstić information content (AvgIpc) is 3.33. The first-order valence-electron chi connectivity index (χ1n) is 11.0. The number of benzene rings is 3. The highest BCUT2D eigenvalue weighted by Crippen LogP contribution is 2.63. The number of rotatable bonds is 3. The third-order valence-corrected chi connectivity index (χ3v) is 7.19. The Morgan fingerprint density at radius 3 is 2.24 bits per heavy atom. The minimum Gasteiger partial charge on any atom is -0.294 e. The molecule has 1 amide bonds. The molecule has 0 radical (unpaired) electrons. The molecule has 4 aromatic rings. The van der Waals surface area contributed by atoms with E-state index in [0.717, 1.165) is 27.8 Å². The summed E-state index contributed by atoms with van der Waals surface area (Å²) in [5.74, 6) is 0.489. The van der Waals surface area contributed by atoms with E-state index in [0.29, 0.717) is 18.2 Å². The molecule has 1 heterocycles. The van der Waals surface area contributed by atoms with Gasteiger partial charge in [-0.25, -0.2) is 5.10 Å². The van der Waals surface area contributed by atoms with Crippen molar-refractivity contribution in [2.75, 3.05) is 5.32 Å². The molecule has 3 aliphatic carbocycles. The number of nitrogens with zero attached hydrogens (tertiary/aromatic N) is 3. The molecular formula is C27H21N5O. The molecule has 0 saturated heterocycles. The fourth-order valence-electron chi connectivity index (χ4n) is 5.77. The summed E-state index contributed by atoms with van der Waals surface area (Å²) in [6, 6.07) is 28.3. The molecule has 3 aliphatic rings. The van der Waals surface area contributed by atoms with E-state index in [1.165, 1.54) is 0 Å². The van der Waals surface area contributed by atoms with Crippen molar-refractivity contribution >= 4 is 11.9 Å². The Balaban J connectivity index is 1.42. The lowest BCUT2D eigenvalue weighted by atomic mass is 9.47. The SMILES string of the molecule is CC1(C(=O)Nc2nc(-c3ccccc3)n[nH]2)CC2(C#N)c3ccccc3C1c1ccccc12. The first-order valence-corrected chi connectivity index (χ1v) is 11.0. The third kappa shape index (κ3) is 2.63. The minimum absolute atomic E-state index is 0.156. The molecule has 3 aromatic carbocycles. The van der Waals surface area contributed by atoms with Crippen LogP contribution in [0, 0.1) is 16.7 Å². The highest BCUT2D eigenvalue weighted by molar-refractivity contribution is 5.96. The molecule has 6 nitrogen and oxygen atoms in total. The van der Waals surface area contributed by atoms with Crippen LogP contribution in [0.5, 0.6) is 0 Å². The number of carbonyl (C=O) groups is 1. The molecule has 33 heavy (non-hydrogen) atoms. The summed E-state index contributed by atoms with van der Waals surface area (Å²) < 4.78 is 0. The number of fused-ring (bicyclic) bond motifs is 1. The monoisotopic (exact) mass is 431 g/mol. The van der Waals surface area contributed by atoms with Gasteiger partial charge in [-0.3, -0.25) is 10.1 Å². The van der Waals surface area contributed by atoms with E-state index in [2.05, 4.69) is 38.7 Å². The van der Waals surface area contributed by atoms with Gasteiger partial charge in [0.05, 0.1) is 11.5 Å². The van der Waals surface area contributed by atoms with E-state index in [1.807, 2.05) is 73.7 Å². The van der Waals surface area contributed by atoms with Gasteiger partial charge < -0.3 is 0 Å². The van der Waals surface area contributed by atoms with Crippen LogP contribution < -0.4 is 5.32 Å². The Labute approximate surface area is 191 Å². The molecule has 6 heteroatoms. The number of aromatic amines is 1. The maximum atomic E-state index is 13.8. The molecule has 160 valence electrons. The van der Waals surface area contributed by atoms with E-state index in [9.17, 15) is 10.1 Å². The Morgan fingerprint density at radius 1 is 1.00 bits per heavy atom. The lowest BCUT2D eigenvalue weighted by Gasteiger charge is -2.54. The predicted octanol–water partition coefficient (Wildman–Crippen LogP) is 4.78. The fraction of sp³-hybridized carbons (Fsp3) is 0.185. The number of aromatic nitrogens is 3. The van der Waals surface area contributed by atoms with Crippen LogP contribution in [0.2, 0.25) is 0 Å². The van der Waals surface area contributed by atoms with Crippen molar-refractivity contribution in [1.82, 2.24) is 15.2 Å². The summed E-state index contributed by atoms with van der Waals surface area (Å²) >= 11 is 0. The first kappa shape index (κ1) is 19.4. The number of carbonyl (C=O) groups excluding carboxylic acids is 1. The van der Waals surface area contributed by atoms with Gasteiger partial charge in [-0.2, -0.15) is 15.3 Å². The predicted molar refractivity (Wildman–Crippen MR) is 124 cm³/mol. The molecule has 0 fully saturated rings. The zero-order chi connectivity index (χ0) is 22.6. The van der Waals surface area contributed by atoms with Gasteiger partial charge >= 0.3 is 0 Å². The number of H-pyrrole nitrogens is 1. The number of hydrogen-bond donors (Lipinski definition) is 2. The molecule has 0 spiro atoms. The summed E-state index contributed by atoms with van der Waals surface area (Å²) in [7, 11) is 0. The van der Waals surface area contributed by atoms with Gasteiger partial charge in [0.1, 0.15) is 5.41 Å². The molecule has 1 aromatic heterocycles. The van der Waals surface area contributed by atoms with Crippen molar-refractivity contribution in [2.24, 2.45) is 5.41 Å². The molecular weight excluding hydrogens is 410 g/mol. The van der Waals surface area contributed by atoms with Crippen molar-refractivity contribution in [3.05, 3.63) is 101 Å². The van der Waals surface area contributed by atoms with Gasteiger partial charge in [-0.05, 0) is 35.6 Å². The second-order valence-electron chi connectivity index (χ2n) is 9.05. The topological polar surface area (TPSA) is 94.5 Å². The molecule has 0 aliphatic heterocycles. The quantitative estimate of drug-likeness (QED) is 0.488. The van der Waals surface area contributed by atoms with Crippen molar-refractivity contribution in [2.45, 2.75) is 24.7 Å². The summed E-state index contributed by atoms with van der Waals surface area (Å²) in [6.07, 6.45) is 0.403. The van der Waals surface area contributed by atoms with E-state index < -0.39 is 10.8 Å². The van der Waals surface area contributed by atoms with Gasteiger partial charge in [0, 0.05) is 11.5 Å².